The van der Waals surface area contributed by atoms with Crippen molar-refractivity contribution in [3.8, 4) is 0 Å². The van der Waals surface area contributed by atoms with E-state index in [4.69, 9.17) is 5.73 Å². The van der Waals surface area contributed by atoms with Gasteiger partial charge in [-0.1, -0.05) is 0 Å². The minimum Gasteiger partial charge on any atom is -0.325 e. The van der Waals surface area contributed by atoms with E-state index in [0.29, 0.717) is 18.8 Å². The number of nitrogens with two attached hydrogens (primary N) is 1. The van der Waals surface area contributed by atoms with Gasteiger partial charge in [-0.15, -0.1) is 12.4 Å². The molecule has 0 amide bonds. The van der Waals surface area contributed by atoms with Crippen molar-refractivity contribution in [1.82, 2.24) is 0 Å². The maximum atomic E-state index is 13.6. The van der Waals surface area contributed by atoms with Crippen LogP contribution in [-0.2, 0) is 0 Å². The minimum absolute atomic E-state index is 0. The summed E-state index contributed by atoms with van der Waals surface area (Å²) in [5.74, 6) is -2.70. The van der Waals surface area contributed by atoms with Gasteiger partial charge in [0.05, 0.1) is 0 Å². The second-order valence-corrected chi connectivity index (χ2v) is 5.38. The molecule has 0 heterocycles. The summed E-state index contributed by atoms with van der Waals surface area (Å²) < 4.78 is 27.2. The molecule has 4 aliphatic carbocycles. The monoisotopic (exact) mass is 223 g/mol. The Labute approximate surface area is 88.8 Å². The molecule has 82 valence electrons. The molecule has 4 heteroatoms. The van der Waals surface area contributed by atoms with Crippen LogP contribution in [0.2, 0.25) is 0 Å². The lowest BCUT2D eigenvalue weighted by Gasteiger charge is -2.58. The first kappa shape index (κ1) is 10.6. The van der Waals surface area contributed by atoms with E-state index in [2.05, 4.69) is 0 Å². The molecule has 0 radical (unpaired) electrons. The zero-order valence-electron chi connectivity index (χ0n) is 8.01. The van der Waals surface area contributed by atoms with Crippen LogP contribution in [0, 0.1) is 17.8 Å². The molecular formula is C10H16ClF2N. The summed E-state index contributed by atoms with van der Waals surface area (Å²) in [6.45, 7) is 0. The van der Waals surface area contributed by atoms with E-state index in [-0.39, 0.29) is 17.9 Å². The van der Waals surface area contributed by atoms with E-state index < -0.39 is 17.8 Å². The molecule has 0 aliphatic heterocycles. The van der Waals surface area contributed by atoms with Crippen molar-refractivity contribution in [1.29, 1.82) is 0 Å². The molecule has 0 aromatic carbocycles. The van der Waals surface area contributed by atoms with Crippen LogP contribution in [0.5, 0.6) is 0 Å². The summed E-state index contributed by atoms with van der Waals surface area (Å²) in [4.78, 5) is 0. The maximum Gasteiger partial charge on any atom is 0.253 e. The molecule has 4 bridgehead atoms. The van der Waals surface area contributed by atoms with E-state index in [0.717, 1.165) is 19.3 Å². The first-order valence-electron chi connectivity index (χ1n) is 5.16. The van der Waals surface area contributed by atoms with Gasteiger partial charge in [0.15, 0.2) is 0 Å². The van der Waals surface area contributed by atoms with Gasteiger partial charge in [-0.3, -0.25) is 0 Å². The Morgan fingerprint density at radius 3 is 1.93 bits per heavy atom. The first-order valence-corrected chi connectivity index (χ1v) is 5.16. The predicted molar refractivity (Wildman–Crippen MR) is 52.7 cm³/mol. The molecule has 0 aromatic heterocycles. The van der Waals surface area contributed by atoms with Crippen molar-refractivity contribution in [2.45, 2.75) is 43.6 Å². The van der Waals surface area contributed by atoms with E-state index >= 15 is 0 Å². The molecule has 14 heavy (non-hydrogen) atoms. The summed E-state index contributed by atoms with van der Waals surface area (Å²) in [6.07, 6.45) is 3.57. The molecule has 4 fully saturated rings. The SMILES string of the molecule is Cl.NC12CC3CC(C1)C(F)(F)C(C3)C2. The first-order chi connectivity index (χ1) is 6.00. The summed E-state index contributed by atoms with van der Waals surface area (Å²) in [5, 5.41) is 0. The quantitative estimate of drug-likeness (QED) is 0.671. The molecule has 4 saturated carbocycles. The Bertz CT molecular complexity index is 239. The average Bonchev–Trinajstić information content (AvgIpc) is 1.97. The minimum atomic E-state index is -2.40. The summed E-state index contributed by atoms with van der Waals surface area (Å²) >= 11 is 0. The van der Waals surface area contributed by atoms with E-state index in [1.54, 1.807) is 0 Å². The molecule has 0 spiro atoms. The largest absolute Gasteiger partial charge is 0.325 e. The molecule has 4 rings (SSSR count). The van der Waals surface area contributed by atoms with Crippen molar-refractivity contribution >= 4 is 12.4 Å². The lowest BCUT2D eigenvalue weighted by molar-refractivity contribution is -0.206. The van der Waals surface area contributed by atoms with Crippen molar-refractivity contribution in [3.05, 3.63) is 0 Å². The number of rotatable bonds is 0. The average molecular weight is 224 g/mol. The molecule has 2 unspecified atom stereocenters. The Morgan fingerprint density at radius 2 is 1.50 bits per heavy atom. The lowest BCUT2D eigenvalue weighted by Crippen LogP contribution is -2.63. The molecule has 4 aliphatic rings. The van der Waals surface area contributed by atoms with Gasteiger partial charge >= 0.3 is 0 Å². The van der Waals surface area contributed by atoms with Crippen LogP contribution in [0.25, 0.3) is 0 Å². The smallest absolute Gasteiger partial charge is 0.253 e. The highest BCUT2D eigenvalue weighted by Crippen LogP contribution is 2.60. The molecule has 0 aromatic rings. The third kappa shape index (κ3) is 1.21. The molecule has 0 saturated heterocycles. The Kier molecular flexibility index (Phi) is 2.14. The zero-order valence-corrected chi connectivity index (χ0v) is 8.83. The Hall–Kier alpha value is 0.110. The fourth-order valence-corrected chi connectivity index (χ4v) is 3.96. The topological polar surface area (TPSA) is 26.0 Å². The van der Waals surface area contributed by atoms with Gasteiger partial charge < -0.3 is 5.73 Å². The summed E-state index contributed by atoms with van der Waals surface area (Å²) in [6, 6.07) is 0. The van der Waals surface area contributed by atoms with Gasteiger partial charge in [-0.2, -0.15) is 0 Å². The highest BCUT2D eigenvalue weighted by atomic mass is 35.5. The zero-order chi connectivity index (χ0) is 9.27. The third-order valence-corrected chi connectivity index (χ3v) is 4.33. The van der Waals surface area contributed by atoms with Gasteiger partial charge in [-0.25, -0.2) is 8.78 Å². The number of hydrogen-bond acceptors (Lipinski definition) is 1. The van der Waals surface area contributed by atoms with Crippen molar-refractivity contribution in [2.24, 2.45) is 23.5 Å². The van der Waals surface area contributed by atoms with Crippen LogP contribution < -0.4 is 5.73 Å². The van der Waals surface area contributed by atoms with E-state index in [1.807, 2.05) is 0 Å². The van der Waals surface area contributed by atoms with Crippen LogP contribution in [0.4, 0.5) is 8.78 Å². The summed E-state index contributed by atoms with van der Waals surface area (Å²) in [5.41, 5.74) is 5.88. The van der Waals surface area contributed by atoms with Gasteiger partial charge in [-0.05, 0) is 38.0 Å². The molecule has 1 nitrogen and oxygen atoms in total. The van der Waals surface area contributed by atoms with Crippen molar-refractivity contribution in [2.75, 3.05) is 0 Å². The van der Waals surface area contributed by atoms with Crippen LogP contribution in [0.15, 0.2) is 0 Å². The van der Waals surface area contributed by atoms with Crippen LogP contribution in [0.1, 0.15) is 32.1 Å². The second kappa shape index (κ2) is 2.82. The fraction of sp³-hybridized carbons (Fsp3) is 1.00. The molecule has 2 atom stereocenters. The standard InChI is InChI=1S/C10H15F2N.ClH/c11-10(12)7-1-6-2-8(10)5-9(13,3-6)4-7;/h6-8H,1-5,13H2;1H. The number of alkyl halides is 2. The van der Waals surface area contributed by atoms with Crippen LogP contribution in [0.3, 0.4) is 0 Å². The van der Waals surface area contributed by atoms with Crippen molar-refractivity contribution in [3.63, 3.8) is 0 Å². The molecular weight excluding hydrogens is 208 g/mol. The predicted octanol–water partition coefficient (Wildman–Crippen LogP) is 2.58. The van der Waals surface area contributed by atoms with Gasteiger partial charge in [0.1, 0.15) is 0 Å². The second-order valence-electron chi connectivity index (χ2n) is 5.38. The number of halogens is 3. The van der Waals surface area contributed by atoms with E-state index in [9.17, 15) is 8.78 Å². The Morgan fingerprint density at radius 1 is 1.00 bits per heavy atom. The van der Waals surface area contributed by atoms with Crippen LogP contribution in [-0.4, -0.2) is 11.5 Å². The van der Waals surface area contributed by atoms with Gasteiger partial charge in [0.25, 0.3) is 5.92 Å². The normalized spacial score (nSPS) is 52.9. The Balaban J connectivity index is 0.000000750. The van der Waals surface area contributed by atoms with Gasteiger partial charge in [0, 0.05) is 17.4 Å². The maximum absolute atomic E-state index is 13.6. The highest BCUT2D eigenvalue weighted by molar-refractivity contribution is 5.85. The van der Waals surface area contributed by atoms with Crippen molar-refractivity contribution < 1.29 is 8.78 Å². The molecule has 2 N–H and O–H groups in total. The number of hydrogen-bond donors (Lipinski definition) is 1. The van der Waals surface area contributed by atoms with E-state index in [1.165, 1.54) is 0 Å². The van der Waals surface area contributed by atoms with Gasteiger partial charge in [0.2, 0.25) is 0 Å². The highest BCUT2D eigenvalue weighted by Gasteiger charge is 2.62. The lowest BCUT2D eigenvalue weighted by atomic mass is 9.51. The fourth-order valence-electron chi connectivity index (χ4n) is 3.96. The third-order valence-electron chi connectivity index (χ3n) is 4.33. The van der Waals surface area contributed by atoms with Crippen LogP contribution >= 0.6 is 12.4 Å². The summed E-state index contributed by atoms with van der Waals surface area (Å²) in [7, 11) is 0.